The van der Waals surface area contributed by atoms with Crippen molar-refractivity contribution >= 4 is 0 Å². The smallest absolute Gasteiger partial charge is 0.0351 e. The summed E-state index contributed by atoms with van der Waals surface area (Å²) in [6.07, 6.45) is 5.93. The minimum absolute atomic E-state index is 1.08. The Hall–Kier alpha value is -1.16. The third kappa shape index (κ3) is 84.4. The molecule has 25 heavy (non-hydrogen) atoms. The molecular weight excluding hydrogens is 308 g/mol. The molecule has 1 fully saturated rings. The van der Waals surface area contributed by atoms with Crippen molar-refractivity contribution in [2.75, 3.05) is 49.5 Å². The summed E-state index contributed by atoms with van der Waals surface area (Å²) in [5.41, 5.74) is 1.32. The summed E-state index contributed by atoms with van der Waals surface area (Å²) in [6, 6.07) is 10.3. The molecule has 0 aliphatic heterocycles. The van der Waals surface area contributed by atoms with Crippen molar-refractivity contribution < 1.29 is 4.74 Å². The van der Waals surface area contributed by atoms with Gasteiger partial charge in [-0.25, -0.2) is 0 Å². The Bertz CT molecular complexity index is 304. The van der Waals surface area contributed by atoms with Crippen LogP contribution in [-0.4, -0.2) is 54.4 Å². The molecule has 0 bridgehead atoms. The molecule has 0 atom stereocenters. The highest BCUT2D eigenvalue weighted by atomic mass is 16.4. The average Bonchev–Trinajstić information content (AvgIpc) is 3.32. The van der Waals surface area contributed by atoms with Crippen molar-refractivity contribution in [1.29, 1.82) is 0 Å². The van der Waals surface area contributed by atoms with Gasteiger partial charge >= 0.3 is 0 Å². The number of nitrogens with one attached hydrogen (secondary N) is 1. The highest BCUT2D eigenvalue weighted by Gasteiger charge is 2.12. The topological polar surface area (TPSA) is 24.5 Å². The largest absolute Gasteiger partial charge is 0.388 e. The van der Waals surface area contributed by atoms with Crippen LogP contribution in [0, 0.1) is 12.8 Å². The molecule has 2 rings (SSSR count). The number of hydrogen-bond acceptors (Lipinski definition) is 3. The van der Waals surface area contributed by atoms with Crippen LogP contribution in [0.1, 0.15) is 38.7 Å². The molecule has 1 aromatic rings. The third-order valence-electron chi connectivity index (χ3n) is 2.10. The van der Waals surface area contributed by atoms with Gasteiger partial charge in [-0.15, -0.1) is 6.58 Å². The van der Waals surface area contributed by atoms with Crippen molar-refractivity contribution in [1.82, 2.24) is 10.2 Å². The van der Waals surface area contributed by atoms with Crippen molar-refractivity contribution in [3.05, 3.63) is 48.6 Å². The summed E-state index contributed by atoms with van der Waals surface area (Å²) in [7, 11) is 13.0. The predicted molar refractivity (Wildman–Crippen MR) is 118 cm³/mol. The predicted octanol–water partition coefficient (Wildman–Crippen LogP) is 5.27. The Morgan fingerprint density at radius 3 is 1.44 bits per heavy atom. The zero-order chi connectivity index (χ0) is 20.5. The van der Waals surface area contributed by atoms with Gasteiger partial charge in [0.15, 0.2) is 0 Å². The first-order valence-electron chi connectivity index (χ1n) is 8.99. The second kappa shape index (κ2) is 30.7. The Labute approximate surface area is 159 Å². The summed E-state index contributed by atoms with van der Waals surface area (Å²) < 4.78 is 4.25. The number of hydrogen-bond donors (Lipinski definition) is 1. The van der Waals surface area contributed by atoms with Crippen LogP contribution in [-0.2, 0) is 4.74 Å². The number of allylic oxidation sites excluding steroid dienone is 1. The first-order chi connectivity index (χ1) is 11.8. The Kier molecular flexibility index (Phi) is 38.8. The minimum atomic E-state index is 1.08. The van der Waals surface area contributed by atoms with Crippen LogP contribution in [0.4, 0.5) is 0 Å². The molecule has 1 aromatic carbocycles. The minimum Gasteiger partial charge on any atom is -0.388 e. The van der Waals surface area contributed by atoms with Gasteiger partial charge in [0, 0.05) is 14.2 Å². The number of benzene rings is 1. The van der Waals surface area contributed by atoms with Gasteiger partial charge in [0.25, 0.3) is 0 Å². The van der Waals surface area contributed by atoms with Crippen LogP contribution in [0.15, 0.2) is 43.0 Å². The monoisotopic (exact) mass is 354 g/mol. The lowest BCUT2D eigenvalue weighted by Crippen LogP contribution is -1.99. The molecular formula is C22H46N2O. The maximum Gasteiger partial charge on any atom is 0.0351 e. The fourth-order valence-corrected chi connectivity index (χ4v) is 0.701. The standard InChI is InChI=1S/C7H8.2C4H8.C3H9N.C2H7N.C2H6O/c1-7-5-3-2-4-6-7;1-4-2-3-4;1-3-4-2;1-4(2)3;2*1-3-2/h2-6H,1H3;4H,2-3H2,1H3;3H,1,4H2,2H3;1-3H3;3H,1-2H3;1-2H3. The second-order valence-electron chi connectivity index (χ2n) is 6.28. The van der Waals surface area contributed by atoms with E-state index >= 15 is 0 Å². The number of ether oxygens (including phenoxy) is 1. The van der Waals surface area contributed by atoms with Crippen LogP contribution >= 0.6 is 0 Å². The van der Waals surface area contributed by atoms with Crippen LogP contribution in [0.2, 0.25) is 0 Å². The molecule has 0 unspecified atom stereocenters. The van der Waals surface area contributed by atoms with E-state index in [1.54, 1.807) is 14.2 Å². The molecule has 1 aliphatic rings. The maximum atomic E-state index is 4.25. The molecule has 1 aliphatic carbocycles. The van der Waals surface area contributed by atoms with Crippen molar-refractivity contribution in [2.24, 2.45) is 5.92 Å². The van der Waals surface area contributed by atoms with Gasteiger partial charge < -0.3 is 15.0 Å². The summed E-state index contributed by atoms with van der Waals surface area (Å²) in [5.74, 6) is 1.08. The van der Waals surface area contributed by atoms with E-state index in [-0.39, 0.29) is 0 Å². The summed E-state index contributed by atoms with van der Waals surface area (Å²) in [4.78, 5) is 2.00. The number of aryl methyl sites for hydroxylation is 1. The van der Waals surface area contributed by atoms with Gasteiger partial charge in [-0.3, -0.25) is 0 Å². The molecule has 1 saturated carbocycles. The van der Waals surface area contributed by atoms with Crippen molar-refractivity contribution in [3.63, 3.8) is 0 Å². The van der Waals surface area contributed by atoms with Crippen LogP contribution < -0.4 is 5.32 Å². The molecule has 0 spiro atoms. The third-order valence-corrected chi connectivity index (χ3v) is 2.10. The van der Waals surface area contributed by atoms with E-state index in [1.165, 1.54) is 18.4 Å². The molecule has 0 radical (unpaired) electrons. The van der Waals surface area contributed by atoms with Gasteiger partial charge in [-0.2, -0.15) is 0 Å². The van der Waals surface area contributed by atoms with E-state index < -0.39 is 0 Å². The first-order valence-corrected chi connectivity index (χ1v) is 8.99. The molecule has 0 heterocycles. The molecule has 0 saturated heterocycles. The maximum absolute atomic E-state index is 4.25. The molecule has 150 valence electrons. The first kappa shape index (κ1) is 31.6. The highest BCUT2D eigenvalue weighted by Crippen LogP contribution is 2.26. The van der Waals surface area contributed by atoms with E-state index in [1.807, 2.05) is 64.4 Å². The van der Waals surface area contributed by atoms with Crippen molar-refractivity contribution in [2.45, 2.75) is 40.0 Å². The lowest BCUT2D eigenvalue weighted by Gasteiger charge is -1.90. The van der Waals surface area contributed by atoms with E-state index in [2.05, 4.69) is 49.5 Å². The van der Waals surface area contributed by atoms with Crippen LogP contribution in [0.5, 0.6) is 0 Å². The number of nitrogens with zero attached hydrogens (tertiary/aromatic N) is 1. The second-order valence-corrected chi connectivity index (χ2v) is 6.28. The fraction of sp³-hybridized carbons (Fsp3) is 0.636. The number of rotatable bonds is 1. The van der Waals surface area contributed by atoms with Gasteiger partial charge in [0.2, 0.25) is 0 Å². The molecule has 3 heteroatoms. The highest BCUT2D eigenvalue weighted by molar-refractivity contribution is 5.11. The van der Waals surface area contributed by atoms with Gasteiger partial charge in [0.05, 0.1) is 0 Å². The Morgan fingerprint density at radius 1 is 1.12 bits per heavy atom. The summed E-state index contributed by atoms with van der Waals surface area (Å²) in [6.45, 7) is 9.90. The van der Waals surface area contributed by atoms with Gasteiger partial charge in [0.1, 0.15) is 0 Å². The lowest BCUT2D eigenvalue weighted by atomic mass is 10.2. The quantitative estimate of drug-likeness (QED) is 0.695. The normalized spacial score (nSPS) is 10.5. The zero-order valence-electron chi connectivity index (χ0n) is 18.7. The van der Waals surface area contributed by atoms with E-state index in [0.717, 1.165) is 12.3 Å². The summed E-state index contributed by atoms with van der Waals surface area (Å²) >= 11 is 0. The molecule has 0 amide bonds. The van der Waals surface area contributed by atoms with Gasteiger partial charge in [-0.05, 0) is 54.5 Å². The zero-order valence-corrected chi connectivity index (χ0v) is 18.7. The Balaban J connectivity index is -0.000000110. The Morgan fingerprint density at radius 2 is 1.36 bits per heavy atom. The number of methoxy groups -OCH3 is 1. The molecule has 0 aromatic heterocycles. The van der Waals surface area contributed by atoms with E-state index in [4.69, 9.17) is 0 Å². The van der Waals surface area contributed by atoms with E-state index in [9.17, 15) is 0 Å². The lowest BCUT2D eigenvalue weighted by molar-refractivity contribution is 0.277. The molecule has 3 nitrogen and oxygen atoms in total. The summed E-state index contributed by atoms with van der Waals surface area (Å²) in [5, 5.41) is 2.75. The average molecular weight is 355 g/mol. The van der Waals surface area contributed by atoms with Gasteiger partial charge in [-0.1, -0.05) is 68.7 Å². The van der Waals surface area contributed by atoms with Crippen LogP contribution in [0.25, 0.3) is 0 Å². The fourth-order valence-electron chi connectivity index (χ4n) is 0.701. The van der Waals surface area contributed by atoms with Crippen LogP contribution in [0.3, 0.4) is 0 Å². The SMILES string of the molecule is C=CCC.CC1CC1.CN(C)C.CNC.COC.Cc1ccccc1. The molecule has 1 N–H and O–H groups in total. The van der Waals surface area contributed by atoms with E-state index in [0.29, 0.717) is 0 Å². The van der Waals surface area contributed by atoms with Crippen molar-refractivity contribution in [3.8, 4) is 0 Å².